The Kier molecular flexibility index (Phi) is 12.2. The van der Waals surface area contributed by atoms with Gasteiger partial charge in [0.2, 0.25) is 11.8 Å². The number of hydrogen-bond donors (Lipinski definition) is 4. The van der Waals surface area contributed by atoms with Crippen molar-refractivity contribution in [3.63, 3.8) is 0 Å². The van der Waals surface area contributed by atoms with Crippen molar-refractivity contribution in [1.82, 2.24) is 21.3 Å². The van der Waals surface area contributed by atoms with E-state index in [2.05, 4.69) is 26.0 Å². The quantitative estimate of drug-likeness (QED) is 0.138. The lowest BCUT2D eigenvalue weighted by Crippen LogP contribution is -2.41. The minimum absolute atomic E-state index is 0.00328. The molecule has 3 aromatic rings. The van der Waals surface area contributed by atoms with Crippen LogP contribution in [0.4, 0.5) is 13.2 Å². The maximum absolute atomic E-state index is 12.6. The Morgan fingerprint density at radius 1 is 0.767 bits per heavy atom. The van der Waals surface area contributed by atoms with Gasteiger partial charge in [-0.3, -0.25) is 14.4 Å². The summed E-state index contributed by atoms with van der Waals surface area (Å²) in [6.45, 7) is 0.237. The van der Waals surface area contributed by atoms with Crippen molar-refractivity contribution in [2.24, 2.45) is 0 Å². The molecule has 4 N–H and O–H groups in total. The van der Waals surface area contributed by atoms with E-state index in [1.165, 1.54) is 0 Å². The highest BCUT2D eigenvalue weighted by molar-refractivity contribution is 7.80. The van der Waals surface area contributed by atoms with E-state index < -0.39 is 48.9 Å². The highest BCUT2D eigenvalue weighted by atomic mass is 32.1. The Hall–Kier alpha value is -4.78. The maximum Gasteiger partial charge on any atom is 0.491 e. The number of thiocarbonyl (C=S) groups is 1. The van der Waals surface area contributed by atoms with Gasteiger partial charge in [-0.2, -0.15) is 13.2 Å². The lowest BCUT2D eigenvalue weighted by Gasteiger charge is -2.19. The van der Waals surface area contributed by atoms with Gasteiger partial charge in [-0.15, -0.1) is 0 Å². The molecule has 3 rings (SSSR count). The third-order valence-electron chi connectivity index (χ3n) is 5.94. The van der Waals surface area contributed by atoms with Crippen molar-refractivity contribution < 1.29 is 37.1 Å². The van der Waals surface area contributed by atoms with Crippen LogP contribution in [0.2, 0.25) is 0 Å². The van der Waals surface area contributed by atoms with Crippen molar-refractivity contribution in [1.29, 1.82) is 0 Å². The van der Waals surface area contributed by atoms with Crippen LogP contribution < -0.4 is 21.3 Å². The summed E-state index contributed by atoms with van der Waals surface area (Å²) in [6.07, 6.45) is -6.12. The number of alkyl halides is 3. The SMILES string of the molecule is O=C(CCNC(=S)NCc1ccccc1)NCC(=O)NC(CC(=O)OC(=O)C(F)(F)F)c1ccc(-c2ccccc2)cc1. The third-order valence-corrected chi connectivity index (χ3v) is 6.23. The number of amides is 2. The molecule has 13 heteroatoms. The van der Waals surface area contributed by atoms with E-state index in [-0.39, 0.29) is 13.0 Å². The first kappa shape index (κ1) is 32.7. The highest BCUT2D eigenvalue weighted by Crippen LogP contribution is 2.24. The predicted octanol–water partition coefficient (Wildman–Crippen LogP) is 3.70. The molecule has 1 atom stereocenters. The molecule has 2 amide bonds. The molecule has 0 aliphatic heterocycles. The number of hydrogen-bond acceptors (Lipinski definition) is 6. The summed E-state index contributed by atoms with van der Waals surface area (Å²) in [6, 6.07) is 24.3. The first-order valence-corrected chi connectivity index (χ1v) is 13.5. The Morgan fingerprint density at radius 2 is 1.37 bits per heavy atom. The normalized spacial score (nSPS) is 11.5. The van der Waals surface area contributed by atoms with Gasteiger partial charge in [0.05, 0.1) is 19.0 Å². The van der Waals surface area contributed by atoms with Crippen LogP contribution in [0.5, 0.6) is 0 Å². The summed E-state index contributed by atoms with van der Waals surface area (Å²) >= 11 is 5.18. The minimum Gasteiger partial charge on any atom is -0.386 e. The zero-order valence-corrected chi connectivity index (χ0v) is 23.6. The fourth-order valence-electron chi connectivity index (χ4n) is 3.80. The van der Waals surface area contributed by atoms with E-state index in [0.29, 0.717) is 17.2 Å². The molecule has 0 aliphatic carbocycles. The zero-order valence-electron chi connectivity index (χ0n) is 22.8. The van der Waals surface area contributed by atoms with Crippen LogP contribution in [0.1, 0.15) is 30.0 Å². The molecule has 226 valence electrons. The Labute approximate surface area is 251 Å². The average molecular weight is 615 g/mol. The second-order valence-corrected chi connectivity index (χ2v) is 9.60. The van der Waals surface area contributed by atoms with Crippen molar-refractivity contribution in [2.45, 2.75) is 31.6 Å². The summed E-state index contributed by atoms with van der Waals surface area (Å²) < 4.78 is 41.6. The Morgan fingerprint density at radius 3 is 2.00 bits per heavy atom. The molecule has 0 heterocycles. The molecule has 0 saturated heterocycles. The molecule has 9 nitrogen and oxygen atoms in total. The second-order valence-electron chi connectivity index (χ2n) is 9.19. The van der Waals surface area contributed by atoms with Crippen LogP contribution in [0, 0.1) is 0 Å². The molecule has 0 aliphatic rings. The van der Waals surface area contributed by atoms with Crippen LogP contribution in [0.15, 0.2) is 84.9 Å². The molecule has 0 saturated carbocycles. The fraction of sp³-hybridized carbons (Fsp3) is 0.233. The van der Waals surface area contributed by atoms with Gasteiger partial charge in [-0.1, -0.05) is 84.9 Å². The van der Waals surface area contributed by atoms with Crippen LogP contribution in [0.3, 0.4) is 0 Å². The summed E-state index contributed by atoms with van der Waals surface area (Å²) in [5.41, 5.74) is 3.12. The minimum atomic E-state index is -5.35. The number of benzene rings is 3. The van der Waals surface area contributed by atoms with Crippen molar-refractivity contribution in [2.75, 3.05) is 13.1 Å². The molecule has 3 aromatic carbocycles. The number of esters is 2. The highest BCUT2D eigenvalue weighted by Gasteiger charge is 2.42. The molecule has 0 fully saturated rings. The van der Waals surface area contributed by atoms with Crippen LogP contribution in [0.25, 0.3) is 11.1 Å². The van der Waals surface area contributed by atoms with Crippen LogP contribution >= 0.6 is 12.2 Å². The zero-order chi connectivity index (χ0) is 31.2. The first-order chi connectivity index (χ1) is 20.5. The number of carbonyl (C=O) groups excluding carboxylic acids is 4. The molecule has 0 radical (unpaired) electrons. The Bertz CT molecular complexity index is 1400. The molecule has 0 bridgehead atoms. The van der Waals surface area contributed by atoms with E-state index in [1.807, 2.05) is 60.7 Å². The largest absolute Gasteiger partial charge is 0.491 e. The van der Waals surface area contributed by atoms with Crippen molar-refractivity contribution in [3.05, 3.63) is 96.1 Å². The van der Waals surface area contributed by atoms with Crippen molar-refractivity contribution >= 4 is 41.1 Å². The summed E-state index contributed by atoms with van der Waals surface area (Å²) in [4.78, 5) is 48.1. The molecule has 0 spiro atoms. The number of rotatable bonds is 12. The van der Waals surface area contributed by atoms with Gasteiger partial charge in [0, 0.05) is 19.5 Å². The molecule has 0 aromatic heterocycles. The number of carbonyl (C=O) groups is 4. The number of halogens is 3. The number of ether oxygens (including phenoxy) is 1. The van der Waals surface area contributed by atoms with Gasteiger partial charge >= 0.3 is 18.1 Å². The first-order valence-electron chi connectivity index (χ1n) is 13.1. The molecular formula is C30H29F3N4O5S. The lowest BCUT2D eigenvalue weighted by molar-refractivity contribution is -0.202. The van der Waals surface area contributed by atoms with Crippen LogP contribution in [-0.2, 0) is 30.5 Å². The Balaban J connectivity index is 1.52. The van der Waals surface area contributed by atoms with E-state index in [1.54, 1.807) is 24.3 Å². The lowest BCUT2D eigenvalue weighted by atomic mass is 9.99. The van der Waals surface area contributed by atoms with Crippen LogP contribution in [-0.4, -0.2) is 48.1 Å². The van der Waals surface area contributed by atoms with Gasteiger partial charge in [0.1, 0.15) is 0 Å². The van der Waals surface area contributed by atoms with E-state index in [9.17, 15) is 32.3 Å². The van der Waals surface area contributed by atoms with Gasteiger partial charge in [0.15, 0.2) is 5.11 Å². The van der Waals surface area contributed by atoms with E-state index in [4.69, 9.17) is 12.2 Å². The van der Waals surface area contributed by atoms with Gasteiger partial charge in [0.25, 0.3) is 0 Å². The van der Waals surface area contributed by atoms with E-state index in [0.717, 1.165) is 16.7 Å². The van der Waals surface area contributed by atoms with Gasteiger partial charge < -0.3 is 26.0 Å². The van der Waals surface area contributed by atoms with Crippen molar-refractivity contribution in [3.8, 4) is 11.1 Å². The maximum atomic E-state index is 12.6. The fourth-order valence-corrected chi connectivity index (χ4v) is 3.98. The predicted molar refractivity (Wildman–Crippen MR) is 156 cm³/mol. The monoisotopic (exact) mass is 614 g/mol. The average Bonchev–Trinajstić information content (AvgIpc) is 2.99. The second kappa shape index (κ2) is 16.0. The summed E-state index contributed by atoms with van der Waals surface area (Å²) in [7, 11) is 0. The van der Waals surface area contributed by atoms with Gasteiger partial charge in [-0.05, 0) is 34.5 Å². The molecule has 43 heavy (non-hydrogen) atoms. The third kappa shape index (κ3) is 11.6. The van der Waals surface area contributed by atoms with E-state index >= 15 is 0 Å². The summed E-state index contributed by atoms with van der Waals surface area (Å²) in [5.74, 6) is -5.31. The molecule has 1 unspecified atom stereocenters. The molecular weight excluding hydrogens is 585 g/mol. The smallest absolute Gasteiger partial charge is 0.386 e. The topological polar surface area (TPSA) is 126 Å². The number of nitrogens with one attached hydrogen (secondary N) is 4. The standard InChI is InChI=1S/C30H29F3N4O5S/c31-30(32,33)28(41)42-27(40)17-24(23-13-11-22(12-14-23)21-9-5-2-6-10-21)37-26(39)19-35-25(38)15-16-34-29(43)36-18-20-7-3-1-4-8-20/h1-14,24H,15-19H2,(H,35,38)(H,37,39)(H2,34,36,43). The van der Waals surface area contributed by atoms with Gasteiger partial charge in [-0.25, -0.2) is 4.79 Å². The summed E-state index contributed by atoms with van der Waals surface area (Å²) in [5, 5.41) is 11.2.